The largest absolute Gasteiger partial charge is 0.378 e. The number of carbonyl (C=O) groups excluding carboxylic acids is 1. The molecule has 10 heteroatoms. The third-order valence-electron chi connectivity index (χ3n) is 6.18. The van der Waals surface area contributed by atoms with Gasteiger partial charge in [-0.3, -0.25) is 4.79 Å². The van der Waals surface area contributed by atoms with Crippen LogP contribution < -0.4 is 10.0 Å². The summed E-state index contributed by atoms with van der Waals surface area (Å²) in [6, 6.07) is 12.9. The molecule has 2 heterocycles. The van der Waals surface area contributed by atoms with Crippen LogP contribution >= 0.6 is 0 Å². The average Bonchev–Trinajstić information content (AvgIpc) is 3.19. The van der Waals surface area contributed by atoms with Gasteiger partial charge in [-0.05, 0) is 36.8 Å². The first kappa shape index (κ1) is 24.2. The number of aromatic nitrogens is 2. The van der Waals surface area contributed by atoms with Crippen molar-refractivity contribution in [3.05, 3.63) is 53.9 Å². The highest BCUT2D eigenvalue weighted by Gasteiger charge is 2.19. The van der Waals surface area contributed by atoms with E-state index in [4.69, 9.17) is 9.88 Å². The fourth-order valence-corrected chi connectivity index (χ4v) is 4.92. The molecule has 1 aliphatic heterocycles. The number of imidazole rings is 1. The number of sulfonamides is 1. The summed E-state index contributed by atoms with van der Waals surface area (Å²) in [6.07, 6.45) is 0.767. The predicted octanol–water partition coefficient (Wildman–Crippen LogP) is 2.13. The summed E-state index contributed by atoms with van der Waals surface area (Å²) in [5.41, 5.74) is 3.63. The summed E-state index contributed by atoms with van der Waals surface area (Å²) in [4.78, 5) is 21.6. The van der Waals surface area contributed by atoms with Crippen LogP contribution in [0, 0.1) is 0 Å². The first-order chi connectivity index (χ1) is 16.3. The van der Waals surface area contributed by atoms with E-state index in [1.54, 1.807) is 11.0 Å². The van der Waals surface area contributed by atoms with Gasteiger partial charge in [-0.1, -0.05) is 18.2 Å². The van der Waals surface area contributed by atoms with Gasteiger partial charge in [0, 0.05) is 51.8 Å². The average molecular weight is 486 g/mol. The van der Waals surface area contributed by atoms with Crippen LogP contribution in [-0.4, -0.2) is 62.1 Å². The lowest BCUT2D eigenvalue weighted by Crippen LogP contribution is -2.37. The highest BCUT2D eigenvalue weighted by Crippen LogP contribution is 2.24. The molecule has 1 amide bonds. The number of benzene rings is 2. The third kappa shape index (κ3) is 5.24. The molecule has 0 unspecified atom stereocenters. The maximum atomic E-state index is 13.0. The number of primary sulfonamides is 1. The standard InChI is InChI=1S/C24H31N5O4S/c1-3-29-22-9-8-19(34(25,31)32)16-20(22)26-23(29)10-11-24(30)27(2)17-18-6-4-5-7-21(18)28-12-14-33-15-13-28/h4-9,16H,3,10-15,17H2,1-2H3,(H2,25,31,32). The third-order valence-corrected chi connectivity index (χ3v) is 7.09. The van der Waals surface area contributed by atoms with E-state index in [0.29, 0.717) is 44.7 Å². The Kier molecular flexibility index (Phi) is 7.20. The number of amides is 1. The number of carbonyl (C=O) groups is 1. The van der Waals surface area contributed by atoms with Gasteiger partial charge in [0.25, 0.3) is 0 Å². The van der Waals surface area contributed by atoms with Crippen molar-refractivity contribution >= 4 is 32.7 Å². The number of morpholine rings is 1. The zero-order chi connectivity index (χ0) is 24.3. The summed E-state index contributed by atoms with van der Waals surface area (Å²) in [5, 5.41) is 5.26. The van der Waals surface area contributed by atoms with Gasteiger partial charge in [0.05, 0.1) is 29.1 Å². The molecule has 1 aliphatic rings. The normalized spacial score (nSPS) is 14.5. The van der Waals surface area contributed by atoms with Crippen molar-refractivity contribution in [2.75, 3.05) is 38.3 Å². The van der Waals surface area contributed by atoms with Gasteiger partial charge < -0.3 is 19.1 Å². The van der Waals surface area contributed by atoms with E-state index >= 15 is 0 Å². The van der Waals surface area contributed by atoms with Crippen LogP contribution in [0.4, 0.5) is 5.69 Å². The number of anilines is 1. The molecule has 9 nitrogen and oxygen atoms in total. The molecule has 4 rings (SSSR count). The van der Waals surface area contributed by atoms with Gasteiger partial charge in [-0.2, -0.15) is 0 Å². The number of para-hydroxylation sites is 1. The van der Waals surface area contributed by atoms with Gasteiger partial charge in [0.15, 0.2) is 0 Å². The van der Waals surface area contributed by atoms with Gasteiger partial charge in [0.1, 0.15) is 5.82 Å². The number of hydrogen-bond donors (Lipinski definition) is 1. The van der Waals surface area contributed by atoms with Crippen LogP contribution in [0.1, 0.15) is 24.7 Å². The number of nitrogens with two attached hydrogens (primary N) is 1. The van der Waals surface area contributed by atoms with E-state index in [0.717, 1.165) is 35.7 Å². The highest BCUT2D eigenvalue weighted by molar-refractivity contribution is 7.89. The molecule has 0 spiro atoms. The van der Waals surface area contributed by atoms with Crippen LogP contribution in [0.15, 0.2) is 47.4 Å². The van der Waals surface area contributed by atoms with E-state index in [1.165, 1.54) is 12.1 Å². The van der Waals surface area contributed by atoms with E-state index in [2.05, 4.69) is 22.0 Å². The fourth-order valence-electron chi connectivity index (χ4n) is 4.39. The molecule has 0 radical (unpaired) electrons. The molecular weight excluding hydrogens is 454 g/mol. The van der Waals surface area contributed by atoms with Gasteiger partial charge in [-0.15, -0.1) is 0 Å². The van der Waals surface area contributed by atoms with Crippen LogP contribution in [0.25, 0.3) is 11.0 Å². The second kappa shape index (κ2) is 10.1. The van der Waals surface area contributed by atoms with Crippen molar-refractivity contribution in [3.63, 3.8) is 0 Å². The summed E-state index contributed by atoms with van der Waals surface area (Å²) in [5.74, 6) is 0.774. The Hall–Kier alpha value is -2.95. The smallest absolute Gasteiger partial charge is 0.238 e. The van der Waals surface area contributed by atoms with Gasteiger partial charge in [0.2, 0.25) is 15.9 Å². The summed E-state index contributed by atoms with van der Waals surface area (Å²) < 4.78 is 30.8. The van der Waals surface area contributed by atoms with Crippen molar-refractivity contribution in [2.24, 2.45) is 5.14 Å². The lowest BCUT2D eigenvalue weighted by atomic mass is 10.1. The molecule has 0 aliphatic carbocycles. The Morgan fingerprint density at radius 2 is 1.91 bits per heavy atom. The second-order valence-corrected chi connectivity index (χ2v) is 10.0. The highest BCUT2D eigenvalue weighted by atomic mass is 32.2. The fraction of sp³-hybridized carbons (Fsp3) is 0.417. The number of hydrogen-bond acceptors (Lipinski definition) is 6. The molecule has 34 heavy (non-hydrogen) atoms. The minimum absolute atomic E-state index is 0.0247. The monoisotopic (exact) mass is 485 g/mol. The van der Waals surface area contributed by atoms with E-state index in [-0.39, 0.29) is 10.8 Å². The SMILES string of the molecule is CCn1c(CCC(=O)N(C)Cc2ccccc2N2CCOCC2)nc2cc(S(N)(=O)=O)ccc21. The molecular formula is C24H31N5O4S. The molecule has 0 saturated carbocycles. The first-order valence-corrected chi connectivity index (χ1v) is 13.0. The maximum Gasteiger partial charge on any atom is 0.238 e. The molecule has 1 saturated heterocycles. The van der Waals surface area contributed by atoms with Crippen LogP contribution in [0.2, 0.25) is 0 Å². The zero-order valence-corrected chi connectivity index (χ0v) is 20.4. The minimum atomic E-state index is -3.80. The van der Waals surface area contributed by atoms with E-state index in [9.17, 15) is 13.2 Å². The molecule has 2 aromatic carbocycles. The Labute approximate surface area is 200 Å². The topological polar surface area (TPSA) is 111 Å². The first-order valence-electron chi connectivity index (χ1n) is 11.4. The number of fused-ring (bicyclic) bond motifs is 1. The Balaban J connectivity index is 1.46. The van der Waals surface area contributed by atoms with Gasteiger partial charge in [-0.25, -0.2) is 18.5 Å². The molecule has 3 aromatic rings. The van der Waals surface area contributed by atoms with E-state index < -0.39 is 10.0 Å². The second-order valence-electron chi connectivity index (χ2n) is 8.45. The van der Waals surface area contributed by atoms with Crippen LogP contribution in [0.3, 0.4) is 0 Å². The van der Waals surface area contributed by atoms with Crippen LogP contribution in [-0.2, 0) is 39.1 Å². The van der Waals surface area contributed by atoms with Crippen LogP contribution in [0.5, 0.6) is 0 Å². The molecule has 0 atom stereocenters. The maximum absolute atomic E-state index is 13.0. The summed E-state index contributed by atoms with van der Waals surface area (Å²) >= 11 is 0. The predicted molar refractivity (Wildman–Crippen MR) is 131 cm³/mol. The number of aryl methyl sites for hydroxylation is 2. The molecule has 2 N–H and O–H groups in total. The van der Waals surface area contributed by atoms with Crippen molar-refractivity contribution in [1.82, 2.24) is 14.5 Å². The lowest BCUT2D eigenvalue weighted by Gasteiger charge is -2.31. The molecule has 0 bridgehead atoms. The van der Waals surface area contributed by atoms with E-state index in [1.807, 2.05) is 30.7 Å². The van der Waals surface area contributed by atoms with Crippen molar-refractivity contribution in [3.8, 4) is 0 Å². The Morgan fingerprint density at radius 3 is 2.62 bits per heavy atom. The zero-order valence-electron chi connectivity index (χ0n) is 19.6. The lowest BCUT2D eigenvalue weighted by molar-refractivity contribution is -0.130. The number of nitrogens with zero attached hydrogens (tertiary/aromatic N) is 4. The van der Waals surface area contributed by atoms with Crippen molar-refractivity contribution in [2.45, 2.75) is 37.8 Å². The quantitative estimate of drug-likeness (QED) is 0.523. The Bertz CT molecular complexity index is 1280. The number of ether oxygens (including phenoxy) is 1. The molecule has 1 aromatic heterocycles. The summed E-state index contributed by atoms with van der Waals surface area (Å²) in [6.45, 7) is 6.28. The van der Waals surface area contributed by atoms with Gasteiger partial charge >= 0.3 is 0 Å². The van der Waals surface area contributed by atoms with Crippen molar-refractivity contribution in [1.29, 1.82) is 0 Å². The van der Waals surface area contributed by atoms with Crippen molar-refractivity contribution < 1.29 is 17.9 Å². The Morgan fingerprint density at radius 1 is 1.18 bits per heavy atom. The summed E-state index contributed by atoms with van der Waals surface area (Å²) in [7, 11) is -1.98. The molecule has 182 valence electrons. The minimum Gasteiger partial charge on any atom is -0.378 e. The molecule has 1 fully saturated rings. The number of rotatable bonds is 8.